The lowest BCUT2D eigenvalue weighted by molar-refractivity contribution is -0.138. The number of benzene rings is 3. The number of aryl methyl sites for hydroxylation is 1. The summed E-state index contributed by atoms with van der Waals surface area (Å²) in [5.41, 5.74) is 3.10. The van der Waals surface area contributed by atoms with Crippen molar-refractivity contribution in [2.45, 2.75) is 45.6 Å². The highest BCUT2D eigenvalue weighted by molar-refractivity contribution is 6.32. The summed E-state index contributed by atoms with van der Waals surface area (Å²) in [7, 11) is 0. The average Bonchev–Trinajstić information content (AvgIpc) is 3.24. The lowest BCUT2D eigenvalue weighted by Crippen LogP contribution is -2.10. The van der Waals surface area contributed by atoms with Gasteiger partial charge in [-0.05, 0) is 73.6 Å². The molecule has 0 amide bonds. The molecule has 4 rings (SSSR count). The Bertz CT molecular complexity index is 1680. The fraction of sp³-hybridized carbons (Fsp3) is 0.273. The number of carbonyl (C=O) groups is 2. The van der Waals surface area contributed by atoms with Crippen molar-refractivity contribution in [3.63, 3.8) is 0 Å². The molecule has 0 saturated carbocycles. The van der Waals surface area contributed by atoms with E-state index in [0.29, 0.717) is 71.8 Å². The van der Waals surface area contributed by atoms with Gasteiger partial charge in [0.05, 0.1) is 18.7 Å². The second-order valence-corrected chi connectivity index (χ2v) is 10.5. The molecule has 7 nitrogen and oxygen atoms in total. The highest BCUT2D eigenvalue weighted by Crippen LogP contribution is 2.33. The number of hydrogen-bond donors (Lipinski definition) is 2. The van der Waals surface area contributed by atoms with Crippen molar-refractivity contribution in [3.8, 4) is 11.5 Å². The van der Waals surface area contributed by atoms with Gasteiger partial charge in [0.2, 0.25) is 0 Å². The Hall–Kier alpha value is -4.44. The van der Waals surface area contributed by atoms with E-state index >= 15 is 4.39 Å². The quantitative estimate of drug-likeness (QED) is 0.0788. The van der Waals surface area contributed by atoms with E-state index in [0.717, 1.165) is 11.6 Å². The van der Waals surface area contributed by atoms with Crippen LogP contribution in [0.5, 0.6) is 11.5 Å². The van der Waals surface area contributed by atoms with Crippen LogP contribution in [0.1, 0.15) is 48.1 Å². The number of unbranched alkanes of at least 4 members (excludes halogenated alkanes) is 1. The first-order chi connectivity index (χ1) is 21.0. The first-order valence-corrected chi connectivity index (χ1v) is 14.3. The van der Waals surface area contributed by atoms with Crippen LogP contribution in [0.2, 0.25) is 5.02 Å². The summed E-state index contributed by atoms with van der Waals surface area (Å²) in [4.78, 5) is 22.7. The van der Waals surface area contributed by atoms with Crippen molar-refractivity contribution in [3.05, 3.63) is 93.4 Å². The van der Waals surface area contributed by atoms with Crippen LogP contribution in [0.4, 0.5) is 13.2 Å². The van der Waals surface area contributed by atoms with Gasteiger partial charge in [-0.25, -0.2) is 13.2 Å². The van der Waals surface area contributed by atoms with Gasteiger partial charge in [0.25, 0.3) is 0 Å². The monoisotopic (exact) mass is 629 g/mol. The van der Waals surface area contributed by atoms with Gasteiger partial charge in [0.15, 0.2) is 0 Å². The van der Waals surface area contributed by atoms with Crippen LogP contribution in [0.15, 0.2) is 48.5 Å². The third-order valence-corrected chi connectivity index (χ3v) is 7.41. The molecule has 1 aromatic heterocycles. The van der Waals surface area contributed by atoms with Crippen molar-refractivity contribution in [1.82, 2.24) is 4.57 Å². The Morgan fingerprint density at radius 2 is 1.59 bits per heavy atom. The summed E-state index contributed by atoms with van der Waals surface area (Å²) in [6, 6.07) is 11.9. The number of hydrogen-bond acceptors (Lipinski definition) is 4. The second-order valence-electron chi connectivity index (χ2n) is 10.2. The van der Waals surface area contributed by atoms with Crippen LogP contribution < -0.4 is 9.47 Å². The molecule has 0 aliphatic rings. The van der Waals surface area contributed by atoms with E-state index in [2.05, 4.69) is 0 Å². The van der Waals surface area contributed by atoms with Crippen LogP contribution >= 0.6 is 11.6 Å². The molecular formula is C33H31ClF3NO6. The van der Waals surface area contributed by atoms with Gasteiger partial charge in [0.1, 0.15) is 40.5 Å². The van der Waals surface area contributed by atoms with Crippen LogP contribution in [-0.2, 0) is 22.6 Å². The molecule has 0 atom stereocenters. The summed E-state index contributed by atoms with van der Waals surface area (Å²) in [6.07, 6.45) is 5.35. The lowest BCUT2D eigenvalue weighted by atomic mass is 10.0. The van der Waals surface area contributed by atoms with Gasteiger partial charge in [0, 0.05) is 29.6 Å². The van der Waals surface area contributed by atoms with Crippen molar-refractivity contribution in [2.24, 2.45) is 0 Å². The fourth-order valence-electron chi connectivity index (χ4n) is 4.94. The maximum atomic E-state index is 15.1. The minimum absolute atomic E-state index is 0.0449. The zero-order chi connectivity index (χ0) is 31.8. The number of halogens is 4. The van der Waals surface area contributed by atoms with E-state index in [-0.39, 0.29) is 30.3 Å². The van der Waals surface area contributed by atoms with Crippen molar-refractivity contribution in [2.75, 3.05) is 13.2 Å². The van der Waals surface area contributed by atoms with Crippen molar-refractivity contribution in [1.29, 1.82) is 0 Å². The van der Waals surface area contributed by atoms with Gasteiger partial charge >= 0.3 is 11.9 Å². The molecule has 44 heavy (non-hydrogen) atoms. The molecular weight excluding hydrogens is 599 g/mol. The molecule has 4 aromatic rings. The molecule has 1 heterocycles. The van der Waals surface area contributed by atoms with E-state index in [4.69, 9.17) is 26.2 Å². The Labute approximate surface area is 257 Å². The molecule has 0 spiro atoms. The predicted molar refractivity (Wildman–Crippen MR) is 162 cm³/mol. The number of aromatic nitrogens is 1. The van der Waals surface area contributed by atoms with Crippen molar-refractivity contribution >= 4 is 46.6 Å². The molecule has 0 radical (unpaired) electrons. The summed E-state index contributed by atoms with van der Waals surface area (Å²) in [5.74, 6) is -3.57. The molecule has 2 N–H and O–H groups in total. The number of rotatable bonds is 15. The standard InChI is InChI=1S/C33H31ClF3NO6/c1-20-25(5-4-6-29(39)40)31-26(36)14-11-22(33(31)38(20)19-30(41)42)10-7-21-8-12-24(13-9-21)43-15-2-3-16-44-28-18-23(35)17-27(37)32(28)34/h7-14,17-18H,2-6,15-16,19H2,1H3,(H,39,40)(H,41,42). The Morgan fingerprint density at radius 3 is 2.27 bits per heavy atom. The van der Waals surface area contributed by atoms with Gasteiger partial charge in [-0.15, -0.1) is 0 Å². The zero-order valence-corrected chi connectivity index (χ0v) is 24.7. The fourth-order valence-corrected chi connectivity index (χ4v) is 5.10. The molecule has 0 unspecified atom stereocenters. The first-order valence-electron chi connectivity index (χ1n) is 14.0. The van der Waals surface area contributed by atoms with Crippen LogP contribution in [0, 0.1) is 24.4 Å². The van der Waals surface area contributed by atoms with Gasteiger partial charge in [-0.1, -0.05) is 35.9 Å². The first kappa shape index (κ1) is 32.5. The molecule has 0 aliphatic carbocycles. The molecule has 232 valence electrons. The average molecular weight is 630 g/mol. The summed E-state index contributed by atoms with van der Waals surface area (Å²) < 4.78 is 54.6. The van der Waals surface area contributed by atoms with E-state index in [9.17, 15) is 23.5 Å². The molecule has 11 heteroatoms. The second kappa shape index (κ2) is 14.8. The smallest absolute Gasteiger partial charge is 0.323 e. The van der Waals surface area contributed by atoms with E-state index in [1.807, 2.05) is 18.2 Å². The number of ether oxygens (including phenoxy) is 2. The highest BCUT2D eigenvalue weighted by atomic mass is 35.5. The van der Waals surface area contributed by atoms with E-state index in [1.165, 1.54) is 6.07 Å². The SMILES string of the molecule is Cc1c(CCCC(=O)O)c2c(F)ccc(C=Cc3ccc(OCCCCOc4cc(F)cc(F)c4Cl)cc3)c2n1CC(=O)O. The predicted octanol–water partition coefficient (Wildman–Crippen LogP) is 7.92. The van der Waals surface area contributed by atoms with Crippen molar-refractivity contribution < 1.29 is 42.4 Å². The Morgan fingerprint density at radius 1 is 0.886 bits per heavy atom. The third kappa shape index (κ3) is 8.13. The normalized spacial score (nSPS) is 11.4. The summed E-state index contributed by atoms with van der Waals surface area (Å²) in [5, 5.41) is 18.6. The third-order valence-electron chi connectivity index (χ3n) is 7.04. The minimum atomic E-state index is -1.07. The molecule has 0 aliphatic heterocycles. The molecule has 3 aromatic carbocycles. The number of fused-ring (bicyclic) bond motifs is 1. The topological polar surface area (TPSA) is 98.0 Å². The largest absolute Gasteiger partial charge is 0.494 e. The number of carboxylic acids is 2. The number of nitrogens with zero attached hydrogens (tertiary/aromatic N) is 1. The Balaban J connectivity index is 1.40. The molecule has 0 fully saturated rings. The van der Waals surface area contributed by atoms with Gasteiger partial charge in [-0.2, -0.15) is 0 Å². The minimum Gasteiger partial charge on any atom is -0.494 e. The highest BCUT2D eigenvalue weighted by Gasteiger charge is 2.21. The molecule has 0 saturated heterocycles. The number of aliphatic carboxylic acids is 2. The molecule has 0 bridgehead atoms. The van der Waals surface area contributed by atoms with Gasteiger partial charge in [-0.3, -0.25) is 9.59 Å². The van der Waals surface area contributed by atoms with E-state index in [1.54, 1.807) is 35.8 Å². The van der Waals surface area contributed by atoms with Crippen LogP contribution in [-0.4, -0.2) is 39.9 Å². The maximum Gasteiger partial charge on any atom is 0.323 e. The lowest BCUT2D eigenvalue weighted by Gasteiger charge is -2.10. The maximum absolute atomic E-state index is 15.1. The zero-order valence-electron chi connectivity index (χ0n) is 23.9. The van der Waals surface area contributed by atoms with Crippen LogP contribution in [0.3, 0.4) is 0 Å². The van der Waals surface area contributed by atoms with Gasteiger partial charge < -0.3 is 24.3 Å². The number of carboxylic acid groups (broad SMARTS) is 2. The van der Waals surface area contributed by atoms with Crippen LogP contribution in [0.25, 0.3) is 23.1 Å². The van der Waals surface area contributed by atoms with E-state index < -0.39 is 29.4 Å². The Kier molecular flexibility index (Phi) is 10.9. The summed E-state index contributed by atoms with van der Waals surface area (Å²) >= 11 is 5.79. The summed E-state index contributed by atoms with van der Waals surface area (Å²) in [6.45, 7) is 1.97.